The molecule has 0 bridgehead atoms. The number of allylic oxidation sites excluding steroid dienone is 22. The van der Waals surface area contributed by atoms with Crippen molar-refractivity contribution in [2.75, 3.05) is 47.5 Å². The minimum atomic E-state index is -4.65. The van der Waals surface area contributed by atoms with E-state index in [-0.39, 0.29) is 26.1 Å². The van der Waals surface area contributed by atoms with E-state index in [1.165, 1.54) is 44.9 Å². The van der Waals surface area contributed by atoms with Crippen molar-refractivity contribution < 1.29 is 42.1 Å². The first-order chi connectivity index (χ1) is 36.0. The first-order valence-electron chi connectivity index (χ1n) is 28.9. The van der Waals surface area contributed by atoms with E-state index in [0.29, 0.717) is 23.9 Å². The van der Waals surface area contributed by atoms with Crippen LogP contribution in [-0.4, -0.2) is 70.0 Å². The number of esters is 2. The highest BCUT2D eigenvalue weighted by Crippen LogP contribution is 2.38. The lowest BCUT2D eigenvalue weighted by Gasteiger charge is -2.28. The standard InChI is InChI=1S/C64H106NO8P/c1-6-8-10-12-14-16-18-20-22-23-24-25-26-27-28-29-30-31-32-33-34-35-36-37-38-39-40-41-43-45-47-49-51-53-55-57-64(67)73-62(61-72-74(68,69)71-59-58-65(3,4)5)60-70-63(66)56-54-52-50-48-46-44-42-21-19-17-15-13-11-9-7-2/h8,10,14,16,20-22,24-25,27-28,30-31,33-34,36-37,39-40,42-43,45,62H,6-7,9,11-13,15,17-19,23,26,29,32,35,38,41,44,46-61H2,1-5H3/b10-8-,16-14-,22-20-,25-24-,28-27-,31-30-,34-33-,37-36-,40-39-,42-21-,45-43-. The molecule has 0 aromatic rings. The maximum Gasteiger partial charge on any atom is 0.306 e. The predicted octanol–water partition coefficient (Wildman–Crippen LogP) is 17.5. The smallest absolute Gasteiger partial charge is 0.306 e. The van der Waals surface area contributed by atoms with Crippen LogP contribution >= 0.6 is 7.82 Å². The summed E-state index contributed by atoms with van der Waals surface area (Å²) in [4.78, 5) is 37.8. The molecule has 0 aromatic heterocycles. The van der Waals surface area contributed by atoms with Crippen molar-refractivity contribution >= 4 is 19.8 Å². The van der Waals surface area contributed by atoms with E-state index in [9.17, 15) is 19.0 Å². The van der Waals surface area contributed by atoms with E-state index in [1.807, 2.05) is 21.1 Å². The summed E-state index contributed by atoms with van der Waals surface area (Å²) in [7, 11) is 1.12. The summed E-state index contributed by atoms with van der Waals surface area (Å²) in [6.07, 6.45) is 77.8. The van der Waals surface area contributed by atoms with Crippen molar-refractivity contribution in [3.05, 3.63) is 134 Å². The summed E-state index contributed by atoms with van der Waals surface area (Å²) in [6.45, 7) is 4.05. The molecule has 0 amide bonds. The van der Waals surface area contributed by atoms with Crippen LogP contribution in [0, 0.1) is 0 Å². The Balaban J connectivity index is 4.25. The molecule has 0 rings (SSSR count). The van der Waals surface area contributed by atoms with Crippen LogP contribution in [-0.2, 0) is 32.7 Å². The second kappa shape index (κ2) is 54.0. The van der Waals surface area contributed by atoms with Gasteiger partial charge in [0.25, 0.3) is 7.82 Å². The third-order valence-electron chi connectivity index (χ3n) is 11.7. The number of hydrogen-bond donors (Lipinski definition) is 0. The third-order valence-corrected chi connectivity index (χ3v) is 12.6. The second-order valence-corrected chi connectivity index (χ2v) is 21.3. The van der Waals surface area contributed by atoms with Crippen molar-refractivity contribution in [3.63, 3.8) is 0 Å². The molecule has 10 heteroatoms. The van der Waals surface area contributed by atoms with Gasteiger partial charge in [-0.1, -0.05) is 212 Å². The van der Waals surface area contributed by atoms with Crippen LogP contribution in [0.15, 0.2) is 134 Å². The molecule has 74 heavy (non-hydrogen) atoms. The Labute approximate surface area is 453 Å². The number of nitrogens with zero attached hydrogens (tertiary/aromatic N) is 1. The maximum absolute atomic E-state index is 12.8. The number of unbranched alkanes of at least 4 members (excludes halogenated alkanes) is 15. The van der Waals surface area contributed by atoms with Crippen molar-refractivity contribution in [1.29, 1.82) is 0 Å². The zero-order valence-corrected chi connectivity index (χ0v) is 48.4. The molecule has 0 N–H and O–H groups in total. The molecule has 0 saturated carbocycles. The third kappa shape index (κ3) is 57.4. The van der Waals surface area contributed by atoms with E-state index >= 15 is 0 Å². The molecular formula is C64H106NO8P. The summed E-state index contributed by atoms with van der Waals surface area (Å²) in [5, 5.41) is 0. The van der Waals surface area contributed by atoms with Crippen molar-refractivity contribution in [2.45, 2.75) is 213 Å². The fraction of sp³-hybridized carbons (Fsp3) is 0.625. The van der Waals surface area contributed by atoms with Gasteiger partial charge in [0.15, 0.2) is 6.10 Å². The fourth-order valence-corrected chi connectivity index (χ4v) is 7.93. The molecule has 0 aliphatic heterocycles. The number of rotatable bonds is 51. The molecule has 0 radical (unpaired) electrons. The Morgan fingerprint density at radius 2 is 0.770 bits per heavy atom. The Morgan fingerprint density at radius 1 is 0.432 bits per heavy atom. The van der Waals surface area contributed by atoms with Crippen LogP contribution in [0.5, 0.6) is 0 Å². The number of hydrogen-bond acceptors (Lipinski definition) is 8. The minimum absolute atomic E-state index is 0.0445. The van der Waals surface area contributed by atoms with E-state index < -0.39 is 32.5 Å². The molecule has 0 heterocycles. The van der Waals surface area contributed by atoms with Gasteiger partial charge in [-0.25, -0.2) is 0 Å². The molecule has 0 saturated heterocycles. The van der Waals surface area contributed by atoms with Crippen LogP contribution < -0.4 is 4.89 Å². The number of likely N-dealkylation sites (N-methyl/N-ethyl adjacent to an activating group) is 1. The van der Waals surface area contributed by atoms with Gasteiger partial charge in [0.2, 0.25) is 0 Å². The lowest BCUT2D eigenvalue weighted by Crippen LogP contribution is -2.37. The summed E-state index contributed by atoms with van der Waals surface area (Å²) < 4.78 is 34.1. The predicted molar refractivity (Wildman–Crippen MR) is 314 cm³/mol. The Hall–Kier alpha value is -3.85. The molecule has 0 aliphatic carbocycles. The van der Waals surface area contributed by atoms with Gasteiger partial charge in [-0.15, -0.1) is 0 Å². The van der Waals surface area contributed by atoms with Crippen LogP contribution in [0.25, 0.3) is 0 Å². The van der Waals surface area contributed by atoms with Gasteiger partial charge in [-0.2, -0.15) is 0 Å². The van der Waals surface area contributed by atoms with Crippen LogP contribution in [0.1, 0.15) is 206 Å². The Kier molecular flexibility index (Phi) is 51.2. The van der Waals surface area contributed by atoms with Gasteiger partial charge < -0.3 is 27.9 Å². The van der Waals surface area contributed by atoms with Gasteiger partial charge in [0, 0.05) is 12.8 Å². The van der Waals surface area contributed by atoms with Crippen molar-refractivity contribution in [2.24, 2.45) is 0 Å². The summed E-state index contributed by atoms with van der Waals surface area (Å²) in [5.41, 5.74) is 0. The van der Waals surface area contributed by atoms with Gasteiger partial charge in [0.05, 0.1) is 27.7 Å². The fourth-order valence-electron chi connectivity index (χ4n) is 7.21. The van der Waals surface area contributed by atoms with Gasteiger partial charge in [-0.05, 0) is 116 Å². The average Bonchev–Trinajstić information content (AvgIpc) is 3.36. The summed E-state index contributed by atoms with van der Waals surface area (Å²) in [6, 6.07) is 0. The first kappa shape index (κ1) is 70.1. The largest absolute Gasteiger partial charge is 0.756 e. The molecule has 0 spiro atoms. The highest BCUT2D eigenvalue weighted by molar-refractivity contribution is 7.45. The van der Waals surface area contributed by atoms with Gasteiger partial charge in [0.1, 0.15) is 19.8 Å². The molecule has 2 unspecified atom stereocenters. The Morgan fingerprint density at radius 3 is 1.16 bits per heavy atom. The van der Waals surface area contributed by atoms with Gasteiger partial charge >= 0.3 is 11.9 Å². The summed E-state index contributed by atoms with van der Waals surface area (Å²) >= 11 is 0. The molecule has 420 valence electrons. The average molecular weight is 1050 g/mol. The number of ether oxygens (including phenoxy) is 2. The van der Waals surface area contributed by atoms with Crippen LogP contribution in [0.2, 0.25) is 0 Å². The monoisotopic (exact) mass is 1050 g/mol. The number of carbonyl (C=O) groups is 2. The molecule has 9 nitrogen and oxygen atoms in total. The van der Waals surface area contributed by atoms with E-state index in [0.717, 1.165) is 122 Å². The zero-order chi connectivity index (χ0) is 54.2. The van der Waals surface area contributed by atoms with E-state index in [4.69, 9.17) is 18.5 Å². The van der Waals surface area contributed by atoms with Crippen molar-refractivity contribution in [3.8, 4) is 0 Å². The van der Waals surface area contributed by atoms with Crippen molar-refractivity contribution in [1.82, 2.24) is 0 Å². The molecule has 0 fully saturated rings. The molecular weight excluding hydrogens is 942 g/mol. The normalized spacial score (nSPS) is 14.3. The van der Waals surface area contributed by atoms with Crippen LogP contribution in [0.4, 0.5) is 0 Å². The lowest BCUT2D eigenvalue weighted by atomic mass is 10.1. The number of quaternary nitrogens is 1. The van der Waals surface area contributed by atoms with E-state index in [2.05, 4.69) is 148 Å². The number of phosphoric acid groups is 1. The van der Waals surface area contributed by atoms with Gasteiger partial charge in [-0.3, -0.25) is 14.2 Å². The number of carbonyl (C=O) groups excluding carboxylic acids is 2. The highest BCUT2D eigenvalue weighted by atomic mass is 31.2. The molecule has 0 aliphatic rings. The maximum atomic E-state index is 12.8. The zero-order valence-electron chi connectivity index (χ0n) is 47.5. The quantitative estimate of drug-likeness (QED) is 0.0195. The van der Waals surface area contributed by atoms with E-state index in [1.54, 1.807) is 0 Å². The lowest BCUT2D eigenvalue weighted by molar-refractivity contribution is -0.870. The Bertz CT molecular complexity index is 1710. The minimum Gasteiger partial charge on any atom is -0.756 e. The first-order valence-corrected chi connectivity index (χ1v) is 30.4. The number of phosphoric ester groups is 1. The highest BCUT2D eigenvalue weighted by Gasteiger charge is 2.21. The summed E-state index contributed by atoms with van der Waals surface area (Å²) in [5.74, 6) is -0.882. The molecule has 2 atom stereocenters. The SMILES string of the molecule is CC/C=C\C/C=C\C/C=C\C/C=C\C/C=C\C/C=C\C/C=C\C/C=C\C/C=C\C/C=C\CCCCCCC(=O)OC(COC(=O)CCCCCCC/C=C\CCCCCCCC)COP(=O)([O-])OCC[N+](C)(C)C. The van der Waals surface area contributed by atoms with Crippen LogP contribution in [0.3, 0.4) is 0 Å². The molecule has 0 aromatic carbocycles. The topological polar surface area (TPSA) is 111 Å². The second-order valence-electron chi connectivity index (χ2n) is 19.9.